The van der Waals surface area contributed by atoms with Gasteiger partial charge in [0.25, 0.3) is 0 Å². The van der Waals surface area contributed by atoms with Crippen LogP contribution in [-0.4, -0.2) is 45.6 Å². The molecule has 1 aliphatic heterocycles. The molecule has 0 aromatic carbocycles. The molecule has 0 spiro atoms. The fourth-order valence-electron chi connectivity index (χ4n) is 2.78. The first-order chi connectivity index (χ1) is 9.75. The number of piperazine rings is 1. The van der Waals surface area contributed by atoms with E-state index in [9.17, 15) is 0 Å². The van der Waals surface area contributed by atoms with Crippen LogP contribution in [0.2, 0.25) is 0 Å². The molecule has 0 aliphatic carbocycles. The molecule has 1 fully saturated rings. The molecule has 1 N–H and O–H groups in total. The van der Waals surface area contributed by atoms with Gasteiger partial charge in [0.05, 0.1) is 17.2 Å². The number of aromatic nitrogens is 3. The second-order valence-corrected chi connectivity index (χ2v) is 6.20. The van der Waals surface area contributed by atoms with Crippen molar-refractivity contribution in [3.8, 4) is 0 Å². The number of aryl methyl sites for hydroxylation is 2. The fourth-order valence-corrected chi connectivity index (χ4v) is 3.55. The summed E-state index contributed by atoms with van der Waals surface area (Å²) in [4.78, 5) is 12.8. The van der Waals surface area contributed by atoms with Gasteiger partial charge in [-0.3, -0.25) is 4.90 Å². The van der Waals surface area contributed by atoms with Crippen LogP contribution < -0.4 is 5.32 Å². The minimum atomic E-state index is 0. The highest BCUT2D eigenvalue weighted by Gasteiger charge is 2.26. The van der Waals surface area contributed by atoms with Crippen molar-refractivity contribution in [1.29, 1.82) is 0 Å². The highest BCUT2D eigenvalue weighted by atomic mass is 35.5. The van der Waals surface area contributed by atoms with Crippen LogP contribution in [0.5, 0.6) is 0 Å². The number of nitrogens with zero attached hydrogens (tertiary/aromatic N) is 4. The van der Waals surface area contributed by atoms with Gasteiger partial charge in [0, 0.05) is 50.5 Å². The Morgan fingerprint density at radius 1 is 1.36 bits per heavy atom. The summed E-state index contributed by atoms with van der Waals surface area (Å²) in [5.41, 5.74) is 3.12. The Bertz CT molecular complexity index is 571. The van der Waals surface area contributed by atoms with Gasteiger partial charge in [-0.15, -0.1) is 36.2 Å². The largest absolute Gasteiger partial charge is 0.337 e. The standard InChI is InChI=1S/C14H21N5S.2ClH/c1-11-13(20-10-17-11)3-6-19-8-4-15-9-12(19)14-16-5-7-18(14)2;;/h5,7,10,12,15H,3-4,6,8-9H2,1-2H3;2*1H. The lowest BCUT2D eigenvalue weighted by atomic mass is 10.1. The van der Waals surface area contributed by atoms with Crippen LogP contribution >= 0.6 is 36.2 Å². The number of hydrogen-bond acceptors (Lipinski definition) is 5. The van der Waals surface area contributed by atoms with E-state index in [0.717, 1.165) is 38.4 Å². The summed E-state index contributed by atoms with van der Waals surface area (Å²) in [6.45, 7) is 6.28. The van der Waals surface area contributed by atoms with E-state index in [1.165, 1.54) is 10.6 Å². The lowest BCUT2D eigenvalue weighted by molar-refractivity contribution is 0.155. The van der Waals surface area contributed by atoms with Gasteiger partial charge in [-0.2, -0.15) is 0 Å². The van der Waals surface area contributed by atoms with Crippen LogP contribution in [0.25, 0.3) is 0 Å². The van der Waals surface area contributed by atoms with Crippen LogP contribution in [-0.2, 0) is 13.5 Å². The summed E-state index contributed by atoms with van der Waals surface area (Å²) < 4.78 is 2.13. The molecule has 1 aliphatic rings. The van der Waals surface area contributed by atoms with E-state index in [4.69, 9.17) is 0 Å². The molecule has 2 aromatic heterocycles. The third-order valence-corrected chi connectivity index (χ3v) is 4.98. The molecular weight excluding hydrogens is 341 g/mol. The molecule has 5 nitrogen and oxygen atoms in total. The quantitative estimate of drug-likeness (QED) is 0.904. The Hall–Kier alpha value is -0.660. The number of halogens is 2. The molecular formula is C14H23Cl2N5S. The minimum absolute atomic E-state index is 0. The summed E-state index contributed by atoms with van der Waals surface area (Å²) in [7, 11) is 2.07. The minimum Gasteiger partial charge on any atom is -0.337 e. The molecule has 0 amide bonds. The average molecular weight is 364 g/mol. The number of thiazole rings is 1. The lowest BCUT2D eigenvalue weighted by Crippen LogP contribution is -2.47. The zero-order valence-electron chi connectivity index (χ0n) is 12.9. The molecule has 1 saturated heterocycles. The Kier molecular flexibility index (Phi) is 7.79. The van der Waals surface area contributed by atoms with Crippen molar-refractivity contribution in [2.75, 3.05) is 26.2 Å². The van der Waals surface area contributed by atoms with E-state index in [-0.39, 0.29) is 24.8 Å². The van der Waals surface area contributed by atoms with Crippen LogP contribution in [0.3, 0.4) is 0 Å². The van der Waals surface area contributed by atoms with Gasteiger partial charge >= 0.3 is 0 Å². The number of rotatable bonds is 4. The lowest BCUT2D eigenvalue weighted by Gasteiger charge is -2.35. The van der Waals surface area contributed by atoms with Crippen LogP contribution in [0.1, 0.15) is 22.4 Å². The molecule has 0 radical (unpaired) electrons. The summed E-state index contributed by atoms with van der Waals surface area (Å²) in [6, 6.07) is 0.372. The first kappa shape index (κ1) is 19.4. The van der Waals surface area contributed by atoms with E-state index < -0.39 is 0 Å². The summed E-state index contributed by atoms with van der Waals surface area (Å²) in [5.74, 6) is 1.15. The first-order valence-corrected chi connectivity index (χ1v) is 7.94. The third kappa shape index (κ3) is 4.20. The predicted molar refractivity (Wildman–Crippen MR) is 95.4 cm³/mol. The van der Waals surface area contributed by atoms with Crippen LogP contribution in [0.4, 0.5) is 0 Å². The maximum Gasteiger partial charge on any atom is 0.127 e. The highest BCUT2D eigenvalue weighted by Crippen LogP contribution is 2.22. The molecule has 124 valence electrons. The van der Waals surface area contributed by atoms with Gasteiger partial charge in [0.1, 0.15) is 5.82 Å². The van der Waals surface area contributed by atoms with Gasteiger partial charge in [0.15, 0.2) is 0 Å². The summed E-state index contributed by atoms with van der Waals surface area (Å²) in [5, 5.41) is 3.48. The van der Waals surface area contributed by atoms with Crippen molar-refractivity contribution in [2.45, 2.75) is 19.4 Å². The maximum absolute atomic E-state index is 4.52. The van der Waals surface area contributed by atoms with Crippen molar-refractivity contribution in [3.05, 3.63) is 34.3 Å². The normalized spacial score (nSPS) is 18.5. The van der Waals surface area contributed by atoms with E-state index in [1.807, 2.05) is 17.9 Å². The van der Waals surface area contributed by atoms with Crippen LogP contribution in [0, 0.1) is 6.92 Å². The summed E-state index contributed by atoms with van der Waals surface area (Å²) in [6.07, 6.45) is 4.99. The Morgan fingerprint density at radius 2 is 2.18 bits per heavy atom. The monoisotopic (exact) mass is 363 g/mol. The van der Waals surface area contributed by atoms with E-state index in [2.05, 4.69) is 38.7 Å². The second kappa shape index (κ2) is 8.84. The maximum atomic E-state index is 4.52. The van der Waals surface area contributed by atoms with Crippen molar-refractivity contribution < 1.29 is 0 Å². The molecule has 0 saturated carbocycles. The third-order valence-electron chi connectivity index (χ3n) is 3.98. The van der Waals surface area contributed by atoms with Gasteiger partial charge in [-0.25, -0.2) is 9.97 Å². The van der Waals surface area contributed by atoms with Gasteiger partial charge in [-0.1, -0.05) is 0 Å². The Balaban J connectivity index is 0.00000121. The van der Waals surface area contributed by atoms with Gasteiger partial charge in [-0.05, 0) is 13.3 Å². The van der Waals surface area contributed by atoms with E-state index in [1.54, 1.807) is 11.3 Å². The number of hydrogen-bond donors (Lipinski definition) is 1. The smallest absolute Gasteiger partial charge is 0.127 e. The van der Waals surface area contributed by atoms with Crippen molar-refractivity contribution >= 4 is 36.2 Å². The zero-order valence-corrected chi connectivity index (χ0v) is 15.3. The van der Waals surface area contributed by atoms with Gasteiger partial charge in [0.2, 0.25) is 0 Å². The number of nitrogens with one attached hydrogen (secondary N) is 1. The predicted octanol–water partition coefficient (Wildman–Crippen LogP) is 2.22. The Labute approximate surface area is 148 Å². The molecule has 0 bridgehead atoms. The van der Waals surface area contributed by atoms with E-state index >= 15 is 0 Å². The van der Waals surface area contributed by atoms with E-state index in [0.29, 0.717) is 6.04 Å². The molecule has 3 heterocycles. The molecule has 8 heteroatoms. The molecule has 1 unspecified atom stereocenters. The molecule has 2 aromatic rings. The molecule has 3 rings (SSSR count). The van der Waals surface area contributed by atoms with Crippen molar-refractivity contribution in [2.24, 2.45) is 7.05 Å². The number of imidazole rings is 1. The van der Waals surface area contributed by atoms with Crippen LogP contribution in [0.15, 0.2) is 17.9 Å². The average Bonchev–Trinajstić information content (AvgIpc) is 3.06. The second-order valence-electron chi connectivity index (χ2n) is 5.26. The highest BCUT2D eigenvalue weighted by molar-refractivity contribution is 7.09. The first-order valence-electron chi connectivity index (χ1n) is 7.06. The molecule has 22 heavy (non-hydrogen) atoms. The summed E-state index contributed by atoms with van der Waals surface area (Å²) >= 11 is 1.77. The van der Waals surface area contributed by atoms with Crippen molar-refractivity contribution in [3.63, 3.8) is 0 Å². The SMILES string of the molecule is Cc1ncsc1CCN1CCNCC1c1nccn1C.Cl.Cl. The fraction of sp³-hybridized carbons (Fsp3) is 0.571. The zero-order chi connectivity index (χ0) is 13.9. The van der Waals surface area contributed by atoms with Gasteiger partial charge < -0.3 is 9.88 Å². The topological polar surface area (TPSA) is 46.0 Å². The molecule has 1 atom stereocenters. The Morgan fingerprint density at radius 3 is 2.82 bits per heavy atom. The van der Waals surface area contributed by atoms with Crippen molar-refractivity contribution in [1.82, 2.24) is 24.8 Å².